The predicted molar refractivity (Wildman–Crippen MR) is 79.4 cm³/mol. The SMILES string of the molecule is COC(=O)C1CCN(C(=O)Nc2ccc(F)cc2Br)CC1. The first-order chi connectivity index (χ1) is 10.0. The third-order valence-corrected chi connectivity index (χ3v) is 4.15. The van der Waals surface area contributed by atoms with Crippen molar-refractivity contribution in [3.05, 3.63) is 28.5 Å². The van der Waals surface area contributed by atoms with Gasteiger partial charge in [-0.25, -0.2) is 9.18 Å². The lowest BCUT2D eigenvalue weighted by Crippen LogP contribution is -2.42. The van der Waals surface area contributed by atoms with Crippen molar-refractivity contribution in [3.8, 4) is 0 Å². The molecule has 7 heteroatoms. The Morgan fingerprint density at radius 1 is 1.38 bits per heavy atom. The van der Waals surface area contributed by atoms with Crippen molar-refractivity contribution in [2.24, 2.45) is 5.92 Å². The van der Waals surface area contributed by atoms with E-state index in [0.717, 1.165) is 0 Å². The van der Waals surface area contributed by atoms with Crippen molar-refractivity contribution in [3.63, 3.8) is 0 Å². The average Bonchev–Trinajstić information content (AvgIpc) is 2.49. The lowest BCUT2D eigenvalue weighted by atomic mass is 9.97. The van der Waals surface area contributed by atoms with E-state index in [1.54, 1.807) is 4.90 Å². The summed E-state index contributed by atoms with van der Waals surface area (Å²) in [5, 5.41) is 2.72. The molecule has 1 aliphatic rings. The minimum atomic E-state index is -0.376. The Kier molecular flexibility index (Phi) is 5.17. The number of urea groups is 1. The first-order valence-corrected chi connectivity index (χ1v) is 7.39. The normalized spacial score (nSPS) is 15.7. The molecule has 2 amide bonds. The minimum Gasteiger partial charge on any atom is -0.469 e. The van der Waals surface area contributed by atoms with Gasteiger partial charge >= 0.3 is 12.0 Å². The fourth-order valence-corrected chi connectivity index (χ4v) is 2.72. The Morgan fingerprint density at radius 3 is 2.62 bits per heavy atom. The van der Waals surface area contributed by atoms with E-state index in [4.69, 9.17) is 4.74 Å². The summed E-state index contributed by atoms with van der Waals surface area (Å²) in [7, 11) is 1.37. The second-order valence-corrected chi connectivity index (χ2v) is 5.69. The number of anilines is 1. The van der Waals surface area contributed by atoms with Crippen LogP contribution in [0.1, 0.15) is 12.8 Å². The van der Waals surface area contributed by atoms with Gasteiger partial charge in [0.05, 0.1) is 18.7 Å². The maximum Gasteiger partial charge on any atom is 0.321 e. The number of hydrogen-bond donors (Lipinski definition) is 1. The topological polar surface area (TPSA) is 58.6 Å². The molecule has 1 saturated heterocycles. The molecule has 21 heavy (non-hydrogen) atoms. The quantitative estimate of drug-likeness (QED) is 0.826. The number of rotatable bonds is 2. The molecule has 0 atom stereocenters. The standard InChI is InChI=1S/C14H16BrFN2O3/c1-21-13(19)9-4-6-18(7-5-9)14(20)17-12-3-2-10(16)8-11(12)15/h2-3,8-9H,4-7H2,1H3,(H,17,20). The fraction of sp³-hybridized carbons (Fsp3) is 0.429. The van der Waals surface area contributed by atoms with Gasteiger partial charge in [0, 0.05) is 17.6 Å². The number of benzene rings is 1. The first-order valence-electron chi connectivity index (χ1n) is 6.60. The van der Waals surface area contributed by atoms with Crippen molar-refractivity contribution in [1.29, 1.82) is 0 Å². The number of piperidine rings is 1. The monoisotopic (exact) mass is 358 g/mol. The van der Waals surface area contributed by atoms with Gasteiger partial charge < -0.3 is 15.0 Å². The molecule has 0 spiro atoms. The van der Waals surface area contributed by atoms with Gasteiger partial charge in [0.1, 0.15) is 5.82 Å². The van der Waals surface area contributed by atoms with E-state index in [2.05, 4.69) is 21.2 Å². The molecule has 0 aromatic heterocycles. The third-order valence-electron chi connectivity index (χ3n) is 3.49. The highest BCUT2D eigenvalue weighted by molar-refractivity contribution is 9.10. The molecule has 114 valence electrons. The van der Waals surface area contributed by atoms with Crippen molar-refractivity contribution in [2.45, 2.75) is 12.8 Å². The highest BCUT2D eigenvalue weighted by atomic mass is 79.9. The van der Waals surface area contributed by atoms with Crippen molar-refractivity contribution < 1.29 is 18.7 Å². The zero-order valence-electron chi connectivity index (χ0n) is 11.6. The number of ether oxygens (including phenoxy) is 1. The van der Waals surface area contributed by atoms with Gasteiger partial charge in [-0.1, -0.05) is 0 Å². The zero-order valence-corrected chi connectivity index (χ0v) is 13.2. The lowest BCUT2D eigenvalue weighted by molar-refractivity contribution is -0.146. The number of likely N-dealkylation sites (tertiary alicyclic amines) is 1. The van der Waals surface area contributed by atoms with E-state index in [1.165, 1.54) is 25.3 Å². The summed E-state index contributed by atoms with van der Waals surface area (Å²) in [6, 6.07) is 3.81. The van der Waals surface area contributed by atoms with Gasteiger partial charge in [-0.15, -0.1) is 0 Å². The number of amides is 2. The van der Waals surface area contributed by atoms with Crippen LogP contribution in [-0.2, 0) is 9.53 Å². The van der Waals surface area contributed by atoms with Crippen LogP contribution in [0.25, 0.3) is 0 Å². The predicted octanol–water partition coefficient (Wildman–Crippen LogP) is 3.01. The van der Waals surface area contributed by atoms with E-state index >= 15 is 0 Å². The van der Waals surface area contributed by atoms with Gasteiger partial charge in [-0.05, 0) is 47.0 Å². The summed E-state index contributed by atoms with van der Waals surface area (Å²) >= 11 is 3.20. The van der Waals surface area contributed by atoms with Crippen LogP contribution in [0.3, 0.4) is 0 Å². The summed E-state index contributed by atoms with van der Waals surface area (Å²) in [4.78, 5) is 25.2. The van der Waals surface area contributed by atoms with Crippen LogP contribution in [0.4, 0.5) is 14.9 Å². The zero-order chi connectivity index (χ0) is 15.4. The number of nitrogens with zero attached hydrogens (tertiary/aromatic N) is 1. The van der Waals surface area contributed by atoms with E-state index < -0.39 is 0 Å². The number of hydrogen-bond acceptors (Lipinski definition) is 3. The highest BCUT2D eigenvalue weighted by Crippen LogP contribution is 2.24. The number of esters is 1. The molecule has 1 aromatic carbocycles. The Balaban J connectivity index is 1.92. The van der Waals surface area contributed by atoms with Crippen LogP contribution < -0.4 is 5.32 Å². The smallest absolute Gasteiger partial charge is 0.321 e. The van der Waals surface area contributed by atoms with Gasteiger partial charge in [0.15, 0.2) is 0 Å². The first kappa shape index (κ1) is 15.8. The molecular formula is C14H16BrFN2O3. The van der Waals surface area contributed by atoms with Gasteiger partial charge in [0.2, 0.25) is 0 Å². The summed E-state index contributed by atoms with van der Waals surface area (Å²) in [6.07, 6.45) is 1.18. The largest absolute Gasteiger partial charge is 0.469 e. The summed E-state index contributed by atoms with van der Waals surface area (Å²) in [5.41, 5.74) is 0.511. The molecule has 1 heterocycles. The van der Waals surface area contributed by atoms with Crippen LogP contribution in [-0.4, -0.2) is 37.1 Å². The third kappa shape index (κ3) is 3.93. The molecule has 5 nitrogen and oxygen atoms in total. The van der Waals surface area contributed by atoms with Crippen molar-refractivity contribution in [2.75, 3.05) is 25.5 Å². The van der Waals surface area contributed by atoms with Crippen LogP contribution in [0.2, 0.25) is 0 Å². The molecule has 2 rings (SSSR count). The summed E-state index contributed by atoms with van der Waals surface area (Å²) < 4.78 is 18.2. The number of halogens is 2. The Morgan fingerprint density at radius 2 is 2.05 bits per heavy atom. The van der Waals surface area contributed by atoms with Crippen LogP contribution >= 0.6 is 15.9 Å². The van der Waals surface area contributed by atoms with E-state index in [9.17, 15) is 14.0 Å². The van der Waals surface area contributed by atoms with Crippen LogP contribution in [0, 0.1) is 11.7 Å². The highest BCUT2D eigenvalue weighted by Gasteiger charge is 2.28. The van der Waals surface area contributed by atoms with Gasteiger partial charge in [-0.3, -0.25) is 4.79 Å². The Hall–Kier alpha value is -1.63. The van der Waals surface area contributed by atoms with E-state index in [0.29, 0.717) is 36.1 Å². The molecule has 0 bridgehead atoms. The molecular weight excluding hydrogens is 343 g/mol. The molecule has 0 radical (unpaired) electrons. The van der Waals surface area contributed by atoms with Crippen molar-refractivity contribution in [1.82, 2.24) is 4.90 Å². The summed E-state index contributed by atoms with van der Waals surface area (Å²) in [6.45, 7) is 0.981. The molecule has 1 aromatic rings. The molecule has 1 fully saturated rings. The number of carbonyl (C=O) groups excluding carboxylic acids is 2. The van der Waals surface area contributed by atoms with Gasteiger partial charge in [-0.2, -0.15) is 0 Å². The number of nitrogens with one attached hydrogen (secondary N) is 1. The molecule has 1 N–H and O–H groups in total. The Bertz CT molecular complexity index is 545. The average molecular weight is 359 g/mol. The molecule has 1 aliphatic heterocycles. The lowest BCUT2D eigenvalue weighted by Gasteiger charge is -2.30. The molecule has 0 saturated carbocycles. The summed E-state index contributed by atoms with van der Waals surface area (Å²) in [5.74, 6) is -0.744. The fourth-order valence-electron chi connectivity index (χ4n) is 2.27. The maximum atomic E-state index is 13.0. The van der Waals surface area contributed by atoms with Crippen LogP contribution in [0.5, 0.6) is 0 Å². The Labute approximate surface area is 130 Å². The van der Waals surface area contributed by atoms with Crippen LogP contribution in [0.15, 0.2) is 22.7 Å². The maximum absolute atomic E-state index is 13.0. The molecule has 0 aliphatic carbocycles. The van der Waals surface area contributed by atoms with E-state index in [1.807, 2.05) is 0 Å². The minimum absolute atomic E-state index is 0.142. The molecule has 0 unspecified atom stereocenters. The second kappa shape index (κ2) is 6.89. The number of methoxy groups -OCH3 is 1. The second-order valence-electron chi connectivity index (χ2n) is 4.84. The van der Waals surface area contributed by atoms with Gasteiger partial charge in [0.25, 0.3) is 0 Å². The van der Waals surface area contributed by atoms with Crippen molar-refractivity contribution >= 4 is 33.6 Å². The number of carbonyl (C=O) groups is 2. The van der Waals surface area contributed by atoms with E-state index in [-0.39, 0.29) is 23.7 Å².